The lowest BCUT2D eigenvalue weighted by Gasteiger charge is -2.28. The summed E-state index contributed by atoms with van der Waals surface area (Å²) >= 11 is 0. The highest BCUT2D eigenvalue weighted by atomic mass is 32.2. The Hall–Kier alpha value is -4.22. The summed E-state index contributed by atoms with van der Waals surface area (Å²) in [6.45, 7) is 1.61. The molecule has 0 aliphatic rings. The lowest BCUT2D eigenvalue weighted by atomic mass is 10.1. The van der Waals surface area contributed by atoms with E-state index in [2.05, 4.69) is 5.32 Å². The average Bonchev–Trinajstić information content (AvgIpc) is 2.86. The molecule has 0 saturated heterocycles. The smallest absolute Gasteiger partial charge is 0.328 e. The third kappa shape index (κ3) is 6.26. The minimum atomic E-state index is -3.92. The van der Waals surface area contributed by atoms with Gasteiger partial charge in [-0.1, -0.05) is 48.5 Å². The molecule has 10 nitrogen and oxygen atoms in total. The van der Waals surface area contributed by atoms with Crippen molar-refractivity contribution in [2.75, 3.05) is 12.4 Å². The molecule has 1 unspecified atom stereocenters. The van der Waals surface area contributed by atoms with Crippen LogP contribution in [0.25, 0.3) is 11.1 Å². The highest BCUT2D eigenvalue weighted by Gasteiger charge is 2.27. The lowest BCUT2D eigenvalue weighted by molar-refractivity contribution is -0.145. The molecule has 36 heavy (non-hydrogen) atoms. The molecule has 2 amide bonds. The molecule has 0 saturated carbocycles. The fraction of sp³-hybridized carbons (Fsp3) is 0.160. The normalized spacial score (nSPS) is 11.9. The van der Waals surface area contributed by atoms with Crippen LogP contribution in [0, 0.1) is 5.41 Å². The molecular formula is C25H27N5O5S. The number of hydrogen-bond donors (Lipinski definition) is 4. The van der Waals surface area contributed by atoms with Crippen molar-refractivity contribution in [3.05, 3.63) is 83.9 Å². The van der Waals surface area contributed by atoms with E-state index >= 15 is 0 Å². The van der Waals surface area contributed by atoms with E-state index in [-0.39, 0.29) is 17.3 Å². The number of anilines is 1. The first kappa shape index (κ1) is 26.4. The second-order valence-electron chi connectivity index (χ2n) is 7.99. The molecular weight excluding hydrogens is 482 g/mol. The van der Waals surface area contributed by atoms with Gasteiger partial charge < -0.3 is 20.7 Å². The van der Waals surface area contributed by atoms with Gasteiger partial charge in [0.05, 0.1) is 12.0 Å². The molecule has 0 spiro atoms. The zero-order valence-electron chi connectivity index (χ0n) is 19.8. The van der Waals surface area contributed by atoms with Crippen LogP contribution < -0.4 is 16.2 Å². The number of rotatable bonds is 8. The van der Waals surface area contributed by atoms with Gasteiger partial charge in [0.15, 0.2) is 0 Å². The molecule has 3 aromatic carbocycles. The molecule has 188 valence electrons. The predicted octanol–water partition coefficient (Wildman–Crippen LogP) is 2.88. The summed E-state index contributed by atoms with van der Waals surface area (Å²) in [4.78, 5) is 26.7. The first-order chi connectivity index (χ1) is 17.0. The second kappa shape index (κ2) is 11.0. The highest BCUT2D eigenvalue weighted by molar-refractivity contribution is 7.89. The Morgan fingerprint density at radius 3 is 2.33 bits per heavy atom. The van der Waals surface area contributed by atoms with Crippen LogP contribution in [-0.2, 0) is 26.1 Å². The van der Waals surface area contributed by atoms with Crippen LogP contribution >= 0.6 is 0 Å². The van der Waals surface area contributed by atoms with Crippen LogP contribution in [0.4, 0.5) is 10.5 Å². The number of methoxy groups -OCH3 is 1. The molecule has 3 aromatic rings. The fourth-order valence-electron chi connectivity index (χ4n) is 3.60. The van der Waals surface area contributed by atoms with E-state index in [4.69, 9.17) is 21.0 Å². The Labute approximate surface area is 209 Å². The van der Waals surface area contributed by atoms with Crippen LogP contribution in [-0.4, -0.2) is 44.3 Å². The van der Waals surface area contributed by atoms with E-state index in [9.17, 15) is 18.0 Å². The number of nitrogens with zero attached hydrogens (tertiary/aromatic N) is 1. The monoisotopic (exact) mass is 509 g/mol. The van der Waals surface area contributed by atoms with Gasteiger partial charge in [0, 0.05) is 23.4 Å². The van der Waals surface area contributed by atoms with Crippen LogP contribution in [0.1, 0.15) is 18.1 Å². The zero-order valence-corrected chi connectivity index (χ0v) is 20.6. The van der Waals surface area contributed by atoms with Gasteiger partial charge in [-0.05, 0) is 42.3 Å². The van der Waals surface area contributed by atoms with Gasteiger partial charge in [-0.2, -0.15) is 0 Å². The largest absolute Gasteiger partial charge is 0.467 e. The third-order valence-corrected chi connectivity index (χ3v) is 6.47. The maximum Gasteiger partial charge on any atom is 0.328 e. The molecule has 0 heterocycles. The molecule has 0 radical (unpaired) electrons. The Bertz CT molecular complexity index is 1390. The number of nitrogens with two attached hydrogens (primary N) is 2. The van der Waals surface area contributed by atoms with E-state index in [1.807, 2.05) is 0 Å². The number of esters is 1. The summed E-state index contributed by atoms with van der Waals surface area (Å²) in [6, 6.07) is 18.3. The Morgan fingerprint density at radius 2 is 1.72 bits per heavy atom. The molecule has 0 aliphatic carbocycles. The number of amides is 2. The minimum Gasteiger partial charge on any atom is -0.467 e. The van der Waals surface area contributed by atoms with Gasteiger partial charge in [0.25, 0.3) is 0 Å². The summed E-state index contributed by atoms with van der Waals surface area (Å²) < 4.78 is 28.7. The fourth-order valence-corrected chi connectivity index (χ4v) is 4.36. The van der Waals surface area contributed by atoms with Crippen LogP contribution in [0.5, 0.6) is 0 Å². The number of benzene rings is 3. The Morgan fingerprint density at radius 1 is 1.06 bits per heavy atom. The number of hydrogen-bond acceptors (Lipinski definition) is 6. The van der Waals surface area contributed by atoms with E-state index in [0.717, 1.165) is 0 Å². The van der Waals surface area contributed by atoms with Crippen molar-refractivity contribution < 1.29 is 22.7 Å². The maximum atomic E-state index is 13.2. The minimum absolute atomic E-state index is 0.00680. The second-order valence-corrected chi connectivity index (χ2v) is 9.52. The Balaban J connectivity index is 1.85. The van der Waals surface area contributed by atoms with Crippen LogP contribution in [0.2, 0.25) is 0 Å². The number of carbonyl (C=O) groups excluding carboxylic acids is 2. The number of amidine groups is 1. The lowest BCUT2D eigenvalue weighted by Crippen LogP contribution is -2.45. The molecule has 1 atom stereocenters. The van der Waals surface area contributed by atoms with Crippen LogP contribution in [0.3, 0.4) is 0 Å². The van der Waals surface area contributed by atoms with Gasteiger partial charge in [0.1, 0.15) is 11.9 Å². The molecule has 0 bridgehead atoms. The third-order valence-electron chi connectivity index (χ3n) is 5.50. The number of nitrogen functional groups attached to an aromatic ring is 1. The maximum absolute atomic E-state index is 13.2. The average molecular weight is 510 g/mol. The van der Waals surface area contributed by atoms with Gasteiger partial charge >= 0.3 is 12.0 Å². The highest BCUT2D eigenvalue weighted by Crippen LogP contribution is 2.27. The molecule has 11 heteroatoms. The molecule has 3 rings (SSSR count). The first-order valence-electron chi connectivity index (χ1n) is 10.8. The van der Waals surface area contributed by atoms with Crippen LogP contribution in [0.15, 0.2) is 77.7 Å². The number of nitrogens with one attached hydrogen (secondary N) is 2. The number of urea groups is 1. The number of primary sulfonamides is 1. The van der Waals surface area contributed by atoms with E-state index < -0.39 is 28.1 Å². The van der Waals surface area contributed by atoms with Crippen molar-refractivity contribution in [3.63, 3.8) is 0 Å². The van der Waals surface area contributed by atoms with Gasteiger partial charge in [-0.3, -0.25) is 5.41 Å². The van der Waals surface area contributed by atoms with Gasteiger partial charge in [0.2, 0.25) is 10.0 Å². The Kier molecular flexibility index (Phi) is 8.07. The molecule has 6 N–H and O–H groups in total. The number of ether oxygens (including phenoxy) is 1. The topological polar surface area (TPSA) is 169 Å². The molecule has 0 aromatic heterocycles. The van der Waals surface area contributed by atoms with Crippen molar-refractivity contribution in [2.24, 2.45) is 10.9 Å². The summed E-state index contributed by atoms with van der Waals surface area (Å²) in [6.07, 6.45) is 0. The van der Waals surface area contributed by atoms with E-state index in [1.165, 1.54) is 18.1 Å². The molecule has 0 fully saturated rings. The van der Waals surface area contributed by atoms with E-state index in [1.54, 1.807) is 73.7 Å². The quantitative estimate of drug-likeness (QED) is 0.207. The summed E-state index contributed by atoms with van der Waals surface area (Å²) in [7, 11) is -2.68. The first-order valence-corrected chi connectivity index (χ1v) is 12.4. The van der Waals surface area contributed by atoms with Crippen molar-refractivity contribution in [3.8, 4) is 11.1 Å². The van der Waals surface area contributed by atoms with Crippen molar-refractivity contribution in [1.82, 2.24) is 4.90 Å². The van der Waals surface area contributed by atoms with E-state index in [0.29, 0.717) is 27.9 Å². The van der Waals surface area contributed by atoms with Gasteiger partial charge in [-0.15, -0.1) is 0 Å². The van der Waals surface area contributed by atoms with Gasteiger partial charge in [-0.25, -0.2) is 23.1 Å². The van der Waals surface area contributed by atoms with Crippen molar-refractivity contribution >= 4 is 33.5 Å². The number of sulfonamides is 1. The SMILES string of the molecule is COC(=O)C(C)N(Cc1cccc(C(=N)N)c1)C(=O)Nc1ccc(-c2ccccc2S(N)(=O)=O)cc1. The summed E-state index contributed by atoms with van der Waals surface area (Å²) in [5.41, 5.74) is 8.19. The number of carbonyl (C=O) groups is 2. The standard InChI is InChI=1S/C25H27N5O5S/c1-16(24(31)35-2)30(15-17-6-5-7-19(14-17)23(26)27)25(32)29-20-12-10-18(11-13-20)21-8-3-4-9-22(21)36(28,33)34/h3-14,16H,15H2,1-2H3,(H3,26,27)(H,29,32)(H2,28,33,34). The zero-order chi connectivity index (χ0) is 26.5. The molecule has 0 aliphatic heterocycles. The summed E-state index contributed by atoms with van der Waals surface area (Å²) in [5.74, 6) is -0.708. The van der Waals surface area contributed by atoms with Crippen molar-refractivity contribution in [1.29, 1.82) is 5.41 Å². The predicted molar refractivity (Wildman–Crippen MR) is 137 cm³/mol. The van der Waals surface area contributed by atoms with Crippen molar-refractivity contribution in [2.45, 2.75) is 24.4 Å². The summed E-state index contributed by atoms with van der Waals surface area (Å²) in [5, 5.41) is 15.7.